The van der Waals surface area contributed by atoms with E-state index in [4.69, 9.17) is 39.5 Å². The first-order chi connectivity index (χ1) is 14.7. The Bertz CT molecular complexity index is 1170. The minimum absolute atomic E-state index is 0.0524. The van der Waals surface area contributed by atoms with Gasteiger partial charge in [-0.1, -0.05) is 40.9 Å². The minimum atomic E-state index is -3.77. The zero-order chi connectivity index (χ0) is 22.4. The van der Waals surface area contributed by atoms with Crippen LogP contribution in [0.4, 0.5) is 5.69 Å². The van der Waals surface area contributed by atoms with Crippen LogP contribution in [0, 0.1) is 0 Å². The van der Waals surface area contributed by atoms with Crippen molar-refractivity contribution in [3.63, 3.8) is 0 Å². The zero-order valence-electron chi connectivity index (χ0n) is 15.9. The highest BCUT2D eigenvalue weighted by molar-refractivity contribution is 7.92. The summed E-state index contributed by atoms with van der Waals surface area (Å²) < 4.78 is 32.8. The summed E-state index contributed by atoms with van der Waals surface area (Å²) in [4.78, 5) is 12.1. The van der Waals surface area contributed by atoms with Crippen molar-refractivity contribution in [2.75, 3.05) is 11.3 Å². The molecule has 0 aliphatic carbocycles. The van der Waals surface area contributed by atoms with Crippen molar-refractivity contribution in [1.82, 2.24) is 5.32 Å². The third-order valence-electron chi connectivity index (χ3n) is 4.09. The first-order valence-electron chi connectivity index (χ1n) is 8.95. The van der Waals surface area contributed by atoms with Crippen molar-refractivity contribution < 1.29 is 17.9 Å². The number of anilines is 1. The first-order valence-corrected chi connectivity index (χ1v) is 11.6. The quantitative estimate of drug-likeness (QED) is 0.449. The second-order valence-corrected chi connectivity index (χ2v) is 9.35. The molecule has 0 bridgehead atoms. The van der Waals surface area contributed by atoms with Gasteiger partial charge in [0.1, 0.15) is 5.75 Å². The molecule has 0 aliphatic heterocycles. The number of halogens is 3. The molecule has 0 aliphatic rings. The van der Waals surface area contributed by atoms with Gasteiger partial charge in [0, 0.05) is 27.3 Å². The van der Waals surface area contributed by atoms with Crippen LogP contribution in [0.1, 0.15) is 5.56 Å². The predicted octanol–water partition coefficient (Wildman–Crippen LogP) is 5.14. The Hall–Kier alpha value is -2.45. The van der Waals surface area contributed by atoms with Gasteiger partial charge in [-0.15, -0.1) is 0 Å². The molecule has 0 radical (unpaired) electrons. The Kier molecular flexibility index (Phi) is 7.67. The lowest BCUT2D eigenvalue weighted by molar-refractivity contribution is -0.123. The summed E-state index contributed by atoms with van der Waals surface area (Å²) in [5, 5.41) is 4.16. The number of carbonyl (C=O) groups is 1. The SMILES string of the molecule is O=C(COc1ccc(S(=O)(=O)Nc2ccc(Cl)cc2)cc1)NCc1ccc(Cl)cc1Cl. The van der Waals surface area contributed by atoms with E-state index in [1.807, 2.05) is 0 Å². The van der Waals surface area contributed by atoms with Gasteiger partial charge < -0.3 is 10.1 Å². The molecule has 0 unspecified atom stereocenters. The molecule has 0 aromatic heterocycles. The van der Waals surface area contributed by atoms with Gasteiger partial charge in [0.15, 0.2) is 6.61 Å². The Balaban J connectivity index is 1.52. The fraction of sp³-hybridized carbons (Fsp3) is 0.0952. The second kappa shape index (κ2) is 10.2. The number of nitrogens with one attached hydrogen (secondary N) is 2. The molecule has 3 aromatic carbocycles. The molecule has 0 atom stereocenters. The summed E-state index contributed by atoms with van der Waals surface area (Å²) in [7, 11) is -3.77. The maximum Gasteiger partial charge on any atom is 0.261 e. The van der Waals surface area contributed by atoms with E-state index >= 15 is 0 Å². The molecule has 0 heterocycles. The maximum atomic E-state index is 12.5. The lowest BCUT2D eigenvalue weighted by Crippen LogP contribution is -2.28. The molecular weight excluding hydrogens is 483 g/mol. The summed E-state index contributed by atoms with van der Waals surface area (Å²) in [5.74, 6) is -0.00256. The molecule has 6 nitrogen and oxygen atoms in total. The molecule has 3 rings (SSSR count). The second-order valence-electron chi connectivity index (χ2n) is 6.38. The van der Waals surface area contributed by atoms with Gasteiger partial charge in [-0.2, -0.15) is 0 Å². The number of hydrogen-bond donors (Lipinski definition) is 2. The van der Waals surface area contributed by atoms with Gasteiger partial charge in [-0.25, -0.2) is 8.42 Å². The van der Waals surface area contributed by atoms with Gasteiger partial charge in [0.05, 0.1) is 4.90 Å². The molecule has 0 saturated carbocycles. The normalized spacial score (nSPS) is 11.1. The highest BCUT2D eigenvalue weighted by Crippen LogP contribution is 2.22. The molecule has 3 aromatic rings. The molecular formula is C21H17Cl3N2O4S. The standard InChI is InChI=1S/C21H17Cl3N2O4S/c22-15-3-5-17(6-4-15)26-31(28,29)19-9-7-18(8-10-19)30-13-21(27)25-12-14-1-2-16(23)11-20(14)24/h1-11,26H,12-13H2,(H,25,27). The van der Waals surface area contributed by atoms with Crippen LogP contribution in [0.5, 0.6) is 5.75 Å². The number of carbonyl (C=O) groups excluding carboxylic acids is 1. The van der Waals surface area contributed by atoms with Crippen molar-refractivity contribution in [3.05, 3.63) is 87.4 Å². The summed E-state index contributed by atoms with van der Waals surface area (Å²) >= 11 is 17.7. The van der Waals surface area contributed by atoms with Gasteiger partial charge in [0.2, 0.25) is 0 Å². The molecule has 31 heavy (non-hydrogen) atoms. The van der Waals surface area contributed by atoms with E-state index in [1.54, 1.807) is 42.5 Å². The Labute approximate surface area is 195 Å². The number of amides is 1. The van der Waals surface area contributed by atoms with Crippen molar-refractivity contribution >= 4 is 56.4 Å². The minimum Gasteiger partial charge on any atom is -0.484 e. The Morgan fingerprint density at radius 2 is 1.52 bits per heavy atom. The maximum absolute atomic E-state index is 12.5. The van der Waals surface area contributed by atoms with Gasteiger partial charge >= 0.3 is 0 Å². The Morgan fingerprint density at radius 1 is 0.871 bits per heavy atom. The first kappa shape index (κ1) is 23.2. The third kappa shape index (κ3) is 6.77. The highest BCUT2D eigenvalue weighted by Gasteiger charge is 2.14. The van der Waals surface area contributed by atoms with Gasteiger partial charge in [0.25, 0.3) is 15.9 Å². The van der Waals surface area contributed by atoms with Crippen LogP contribution in [0.25, 0.3) is 0 Å². The van der Waals surface area contributed by atoms with Crippen LogP contribution in [0.2, 0.25) is 15.1 Å². The smallest absolute Gasteiger partial charge is 0.261 e. The molecule has 1 amide bonds. The van der Waals surface area contributed by atoms with Crippen LogP contribution in [-0.2, 0) is 21.4 Å². The largest absolute Gasteiger partial charge is 0.484 e. The van der Waals surface area contributed by atoms with Crippen LogP contribution >= 0.6 is 34.8 Å². The number of hydrogen-bond acceptors (Lipinski definition) is 4. The number of rotatable bonds is 8. The molecule has 0 fully saturated rings. The molecule has 10 heteroatoms. The summed E-state index contributed by atoms with van der Waals surface area (Å²) in [6.07, 6.45) is 0. The fourth-order valence-corrected chi connectivity index (χ4v) is 4.17. The van der Waals surface area contributed by atoms with Crippen molar-refractivity contribution in [2.24, 2.45) is 0 Å². The Morgan fingerprint density at radius 3 is 2.16 bits per heavy atom. The van der Waals surface area contributed by atoms with Crippen molar-refractivity contribution in [2.45, 2.75) is 11.4 Å². The third-order valence-corrected chi connectivity index (χ3v) is 6.33. The van der Waals surface area contributed by atoms with Crippen LogP contribution in [-0.4, -0.2) is 20.9 Å². The van der Waals surface area contributed by atoms with E-state index in [9.17, 15) is 13.2 Å². The van der Waals surface area contributed by atoms with E-state index < -0.39 is 10.0 Å². The number of ether oxygens (including phenoxy) is 1. The van der Waals surface area contributed by atoms with Crippen LogP contribution < -0.4 is 14.8 Å². The van der Waals surface area contributed by atoms with Crippen molar-refractivity contribution in [3.8, 4) is 5.75 Å². The zero-order valence-corrected chi connectivity index (χ0v) is 19.0. The van der Waals surface area contributed by atoms with E-state index in [0.29, 0.717) is 26.5 Å². The monoisotopic (exact) mass is 498 g/mol. The van der Waals surface area contributed by atoms with Gasteiger partial charge in [-0.3, -0.25) is 9.52 Å². The highest BCUT2D eigenvalue weighted by atomic mass is 35.5. The number of sulfonamides is 1. The molecule has 2 N–H and O–H groups in total. The topological polar surface area (TPSA) is 84.5 Å². The summed E-state index contributed by atoms with van der Waals surface area (Å²) in [6.45, 7) is -0.00786. The average Bonchev–Trinajstić information content (AvgIpc) is 2.73. The summed E-state index contributed by atoms with van der Waals surface area (Å²) in [6, 6.07) is 17.0. The van der Waals surface area contributed by atoms with Crippen LogP contribution in [0.3, 0.4) is 0 Å². The number of benzene rings is 3. The van der Waals surface area contributed by atoms with E-state index in [0.717, 1.165) is 5.56 Å². The van der Waals surface area contributed by atoms with Gasteiger partial charge in [-0.05, 0) is 66.2 Å². The molecule has 162 valence electrons. The molecule has 0 spiro atoms. The lowest BCUT2D eigenvalue weighted by atomic mass is 10.2. The molecule has 0 saturated heterocycles. The van der Waals surface area contributed by atoms with Crippen LogP contribution in [0.15, 0.2) is 71.6 Å². The van der Waals surface area contributed by atoms with E-state index in [1.165, 1.54) is 24.3 Å². The lowest BCUT2D eigenvalue weighted by Gasteiger charge is -2.10. The summed E-state index contributed by atoms with van der Waals surface area (Å²) in [5.41, 5.74) is 1.12. The average molecular weight is 500 g/mol. The van der Waals surface area contributed by atoms with E-state index in [2.05, 4.69) is 10.0 Å². The fourth-order valence-electron chi connectivity index (χ4n) is 2.51. The predicted molar refractivity (Wildman–Crippen MR) is 123 cm³/mol. The van der Waals surface area contributed by atoms with Crippen molar-refractivity contribution in [1.29, 1.82) is 0 Å². The van der Waals surface area contributed by atoms with E-state index in [-0.39, 0.29) is 24.0 Å².